The predicted octanol–water partition coefficient (Wildman–Crippen LogP) is 3.23. The zero-order valence-corrected chi connectivity index (χ0v) is 15.3. The minimum atomic E-state index is -0.317. The SMILES string of the molecule is CN(C)CC1CCN(C(=O)Nc2cc(F)ccc2N2CCCCC2)C1. The standard InChI is InChI=1S/C19H29FN4O/c1-22(2)13-15-8-11-24(14-15)19(25)21-17-12-16(20)6-7-18(17)23-9-4-3-5-10-23/h6-7,12,15H,3-5,8-11,13-14H2,1-2H3,(H,21,25). The number of likely N-dealkylation sites (tertiary alicyclic amines) is 1. The molecule has 2 aliphatic rings. The molecule has 25 heavy (non-hydrogen) atoms. The number of anilines is 2. The Kier molecular flexibility index (Phi) is 5.78. The lowest BCUT2D eigenvalue weighted by Crippen LogP contribution is -2.35. The van der Waals surface area contributed by atoms with Crippen molar-refractivity contribution in [3.63, 3.8) is 0 Å². The number of amides is 2. The molecule has 0 radical (unpaired) electrons. The molecule has 0 saturated carbocycles. The molecule has 1 aromatic rings. The summed E-state index contributed by atoms with van der Waals surface area (Å²) in [6, 6.07) is 4.58. The number of urea groups is 1. The Hall–Kier alpha value is -1.82. The molecule has 0 aromatic heterocycles. The number of nitrogens with one attached hydrogen (secondary N) is 1. The summed E-state index contributed by atoms with van der Waals surface area (Å²) in [5.41, 5.74) is 1.52. The maximum atomic E-state index is 13.8. The number of halogens is 1. The number of carbonyl (C=O) groups excluding carboxylic acids is 1. The summed E-state index contributed by atoms with van der Waals surface area (Å²) in [6.45, 7) is 4.44. The molecule has 1 atom stereocenters. The zero-order valence-electron chi connectivity index (χ0n) is 15.3. The first-order chi connectivity index (χ1) is 12.0. The number of hydrogen-bond donors (Lipinski definition) is 1. The van der Waals surface area contributed by atoms with Crippen LogP contribution in [0.4, 0.5) is 20.6 Å². The highest BCUT2D eigenvalue weighted by molar-refractivity contribution is 5.93. The number of carbonyl (C=O) groups is 1. The molecule has 6 heteroatoms. The van der Waals surface area contributed by atoms with Gasteiger partial charge in [-0.25, -0.2) is 9.18 Å². The van der Waals surface area contributed by atoms with Crippen LogP contribution in [0.15, 0.2) is 18.2 Å². The number of hydrogen-bond acceptors (Lipinski definition) is 3. The van der Waals surface area contributed by atoms with Crippen LogP contribution in [0.25, 0.3) is 0 Å². The van der Waals surface area contributed by atoms with Crippen molar-refractivity contribution in [1.29, 1.82) is 0 Å². The van der Waals surface area contributed by atoms with E-state index in [9.17, 15) is 9.18 Å². The third-order valence-corrected chi connectivity index (χ3v) is 5.09. The van der Waals surface area contributed by atoms with Crippen LogP contribution in [0.5, 0.6) is 0 Å². The first-order valence-electron chi connectivity index (χ1n) is 9.28. The highest BCUT2D eigenvalue weighted by Crippen LogP contribution is 2.30. The molecule has 1 unspecified atom stereocenters. The van der Waals surface area contributed by atoms with E-state index in [1.807, 2.05) is 4.90 Å². The van der Waals surface area contributed by atoms with Crippen molar-refractivity contribution in [1.82, 2.24) is 9.80 Å². The fourth-order valence-corrected chi connectivity index (χ4v) is 3.90. The van der Waals surface area contributed by atoms with E-state index in [0.29, 0.717) is 11.6 Å². The average molecular weight is 348 g/mol. The first-order valence-corrected chi connectivity index (χ1v) is 9.28. The van der Waals surface area contributed by atoms with Gasteiger partial charge in [-0.05, 0) is 63.9 Å². The number of nitrogens with zero attached hydrogens (tertiary/aromatic N) is 3. The minimum absolute atomic E-state index is 0.120. The van der Waals surface area contributed by atoms with Crippen LogP contribution in [-0.4, -0.2) is 62.7 Å². The van der Waals surface area contributed by atoms with Crippen molar-refractivity contribution in [2.24, 2.45) is 5.92 Å². The van der Waals surface area contributed by atoms with Crippen LogP contribution in [0.1, 0.15) is 25.7 Å². The van der Waals surface area contributed by atoms with E-state index >= 15 is 0 Å². The lowest BCUT2D eigenvalue weighted by molar-refractivity contribution is 0.219. The van der Waals surface area contributed by atoms with Crippen LogP contribution < -0.4 is 10.2 Å². The third kappa shape index (κ3) is 4.63. The third-order valence-electron chi connectivity index (χ3n) is 5.09. The monoisotopic (exact) mass is 348 g/mol. The summed E-state index contributed by atoms with van der Waals surface area (Å²) in [7, 11) is 4.11. The van der Waals surface area contributed by atoms with Gasteiger partial charge in [-0.2, -0.15) is 0 Å². The Labute approximate surface area is 149 Å². The van der Waals surface area contributed by atoms with Gasteiger partial charge in [0.15, 0.2) is 0 Å². The van der Waals surface area contributed by atoms with E-state index in [2.05, 4.69) is 29.2 Å². The fraction of sp³-hybridized carbons (Fsp3) is 0.632. The highest BCUT2D eigenvalue weighted by Gasteiger charge is 2.27. The maximum Gasteiger partial charge on any atom is 0.321 e. The van der Waals surface area contributed by atoms with Crippen molar-refractivity contribution in [2.45, 2.75) is 25.7 Å². The molecule has 3 rings (SSSR count). The lowest BCUT2D eigenvalue weighted by Gasteiger charge is -2.31. The van der Waals surface area contributed by atoms with E-state index in [4.69, 9.17) is 0 Å². The summed E-state index contributed by atoms with van der Waals surface area (Å²) in [5, 5.41) is 2.96. The van der Waals surface area contributed by atoms with Gasteiger partial charge in [0.05, 0.1) is 11.4 Å². The molecule has 138 valence electrons. The number of piperidine rings is 1. The Morgan fingerprint density at radius 1 is 1.24 bits per heavy atom. The molecular weight excluding hydrogens is 319 g/mol. The van der Waals surface area contributed by atoms with Gasteiger partial charge in [0.1, 0.15) is 5.82 Å². The van der Waals surface area contributed by atoms with Crippen LogP contribution in [0.3, 0.4) is 0 Å². The van der Waals surface area contributed by atoms with Crippen molar-refractivity contribution >= 4 is 17.4 Å². The van der Waals surface area contributed by atoms with Crippen molar-refractivity contribution in [3.05, 3.63) is 24.0 Å². The normalized spacial score (nSPS) is 21.0. The molecule has 2 saturated heterocycles. The van der Waals surface area contributed by atoms with E-state index in [-0.39, 0.29) is 11.8 Å². The van der Waals surface area contributed by atoms with Crippen LogP contribution in [0.2, 0.25) is 0 Å². The first kappa shape index (κ1) is 18.0. The second-order valence-corrected chi connectivity index (χ2v) is 7.50. The van der Waals surface area contributed by atoms with Gasteiger partial charge < -0.3 is 20.0 Å². The van der Waals surface area contributed by atoms with Crippen LogP contribution in [0, 0.1) is 11.7 Å². The molecule has 1 aromatic carbocycles. The van der Waals surface area contributed by atoms with Crippen molar-refractivity contribution in [3.8, 4) is 0 Å². The summed E-state index contributed by atoms with van der Waals surface area (Å²) >= 11 is 0. The Morgan fingerprint density at radius 3 is 2.72 bits per heavy atom. The van der Waals surface area contributed by atoms with E-state index in [0.717, 1.165) is 57.7 Å². The van der Waals surface area contributed by atoms with Gasteiger partial charge in [0.25, 0.3) is 0 Å². The number of benzene rings is 1. The summed E-state index contributed by atoms with van der Waals surface area (Å²) in [5.74, 6) is 0.192. The van der Waals surface area contributed by atoms with Gasteiger partial charge in [-0.3, -0.25) is 0 Å². The Bertz CT molecular complexity index is 601. The molecule has 2 aliphatic heterocycles. The second kappa shape index (κ2) is 8.04. The van der Waals surface area contributed by atoms with Crippen LogP contribution in [-0.2, 0) is 0 Å². The van der Waals surface area contributed by atoms with Gasteiger partial charge in [0, 0.05) is 32.7 Å². The average Bonchev–Trinajstić information content (AvgIpc) is 3.03. The molecular formula is C19H29FN4O. The highest BCUT2D eigenvalue weighted by atomic mass is 19.1. The molecule has 2 amide bonds. The Morgan fingerprint density at radius 2 is 2.00 bits per heavy atom. The largest absolute Gasteiger partial charge is 0.370 e. The smallest absolute Gasteiger partial charge is 0.321 e. The van der Waals surface area contributed by atoms with E-state index in [1.165, 1.54) is 18.6 Å². The lowest BCUT2D eigenvalue weighted by atomic mass is 10.1. The molecule has 5 nitrogen and oxygen atoms in total. The molecule has 0 aliphatic carbocycles. The van der Waals surface area contributed by atoms with Crippen molar-refractivity contribution in [2.75, 3.05) is 57.0 Å². The Balaban J connectivity index is 1.67. The molecule has 2 fully saturated rings. The fourth-order valence-electron chi connectivity index (χ4n) is 3.90. The minimum Gasteiger partial charge on any atom is -0.370 e. The predicted molar refractivity (Wildman–Crippen MR) is 99.7 cm³/mol. The van der Waals surface area contributed by atoms with Crippen LogP contribution >= 0.6 is 0 Å². The van der Waals surface area contributed by atoms with E-state index < -0.39 is 0 Å². The molecule has 1 N–H and O–H groups in total. The topological polar surface area (TPSA) is 38.8 Å². The molecule has 2 heterocycles. The summed E-state index contributed by atoms with van der Waals surface area (Å²) < 4.78 is 13.8. The second-order valence-electron chi connectivity index (χ2n) is 7.50. The molecule has 0 spiro atoms. The van der Waals surface area contributed by atoms with E-state index in [1.54, 1.807) is 6.07 Å². The van der Waals surface area contributed by atoms with Gasteiger partial charge in [0.2, 0.25) is 0 Å². The quantitative estimate of drug-likeness (QED) is 0.908. The van der Waals surface area contributed by atoms with Gasteiger partial charge in [-0.1, -0.05) is 0 Å². The maximum absolute atomic E-state index is 13.8. The number of rotatable bonds is 4. The van der Waals surface area contributed by atoms with Crippen molar-refractivity contribution < 1.29 is 9.18 Å². The zero-order chi connectivity index (χ0) is 17.8. The summed E-state index contributed by atoms with van der Waals surface area (Å²) in [6.07, 6.45) is 4.54. The molecule has 0 bridgehead atoms. The van der Waals surface area contributed by atoms with Gasteiger partial charge >= 0.3 is 6.03 Å². The summed E-state index contributed by atoms with van der Waals surface area (Å²) in [4.78, 5) is 18.9. The van der Waals surface area contributed by atoms with Gasteiger partial charge in [-0.15, -0.1) is 0 Å².